The van der Waals surface area contributed by atoms with E-state index in [1.165, 1.54) is 14.1 Å². The van der Waals surface area contributed by atoms with E-state index in [4.69, 9.17) is 10.3 Å². The minimum absolute atomic E-state index is 0.258. The molecule has 154 valence electrons. The van der Waals surface area contributed by atoms with Gasteiger partial charge in [0.05, 0.1) is 0 Å². The van der Waals surface area contributed by atoms with E-state index in [2.05, 4.69) is 10.5 Å². The number of amides is 2. The van der Waals surface area contributed by atoms with Crippen molar-refractivity contribution in [2.75, 3.05) is 19.4 Å². The highest BCUT2D eigenvalue weighted by molar-refractivity contribution is 5.96. The van der Waals surface area contributed by atoms with Crippen molar-refractivity contribution < 1.29 is 14.3 Å². The van der Waals surface area contributed by atoms with Gasteiger partial charge in [0.2, 0.25) is 0 Å². The highest BCUT2D eigenvalue weighted by Crippen LogP contribution is 2.27. The average Bonchev–Trinajstić information content (AvgIpc) is 2.68. The van der Waals surface area contributed by atoms with Crippen molar-refractivity contribution in [2.24, 2.45) is 5.22 Å². The van der Waals surface area contributed by atoms with Gasteiger partial charge in [-0.2, -0.15) is 10.5 Å². The Labute approximate surface area is 170 Å². The second kappa shape index (κ2) is 9.18. The maximum absolute atomic E-state index is 12.1. The number of hydrogen-bond acceptors (Lipinski definition) is 5. The third kappa shape index (κ3) is 5.10. The molecule has 0 unspecified atom stereocenters. The van der Waals surface area contributed by atoms with E-state index in [9.17, 15) is 10.0 Å². The number of hydrogen-bond donors (Lipinski definition) is 2. The molecule has 0 heterocycles. The lowest BCUT2D eigenvalue weighted by Gasteiger charge is -2.18. The van der Waals surface area contributed by atoms with Crippen molar-refractivity contribution in [1.82, 2.24) is 5.01 Å². The lowest BCUT2D eigenvalue weighted by atomic mass is 10.0. The molecular formula is C21H27N5O3. The summed E-state index contributed by atoms with van der Waals surface area (Å²) in [5.74, 6) is 0.714. The van der Waals surface area contributed by atoms with E-state index in [0.717, 1.165) is 37.6 Å². The number of anilines is 1. The number of carbonyl (C=O) groups is 1. The molecule has 0 spiro atoms. The van der Waals surface area contributed by atoms with Gasteiger partial charge in [0.1, 0.15) is 19.4 Å². The maximum atomic E-state index is 12.1. The molecule has 2 N–H and O–H groups in total. The van der Waals surface area contributed by atoms with Gasteiger partial charge >= 0.3 is 6.03 Å². The van der Waals surface area contributed by atoms with Gasteiger partial charge in [-0.15, -0.1) is 0 Å². The molecule has 2 rings (SSSR count). The van der Waals surface area contributed by atoms with Crippen LogP contribution in [0.3, 0.4) is 0 Å². The molecule has 0 aromatic heterocycles. The van der Waals surface area contributed by atoms with Crippen molar-refractivity contribution in [2.45, 2.75) is 34.3 Å². The summed E-state index contributed by atoms with van der Waals surface area (Å²) < 4.78 is 6.91. The van der Waals surface area contributed by atoms with E-state index in [-0.39, 0.29) is 6.61 Å². The summed E-state index contributed by atoms with van der Waals surface area (Å²) >= 11 is 0. The molecule has 0 radical (unpaired) electrons. The fourth-order valence-electron chi connectivity index (χ4n) is 2.91. The second-order valence-corrected chi connectivity index (χ2v) is 6.96. The van der Waals surface area contributed by atoms with Crippen LogP contribution in [0.25, 0.3) is 0 Å². The van der Waals surface area contributed by atoms with E-state index in [1.807, 2.05) is 45.0 Å². The van der Waals surface area contributed by atoms with Crippen LogP contribution in [0.4, 0.5) is 10.5 Å². The lowest BCUT2D eigenvalue weighted by molar-refractivity contribution is -0.422. The summed E-state index contributed by atoms with van der Waals surface area (Å²) in [5.41, 5.74) is 12.8. The van der Waals surface area contributed by atoms with Crippen molar-refractivity contribution in [3.05, 3.63) is 63.4 Å². The number of hydroxylamine groups is 1. The Morgan fingerprint density at radius 3 is 2.55 bits per heavy atom. The van der Waals surface area contributed by atoms with E-state index in [0.29, 0.717) is 17.1 Å². The fourth-order valence-corrected chi connectivity index (χ4v) is 2.91. The molecule has 29 heavy (non-hydrogen) atoms. The van der Waals surface area contributed by atoms with Gasteiger partial charge in [-0.1, -0.05) is 17.4 Å². The Balaban J connectivity index is 2.28. The van der Waals surface area contributed by atoms with E-state index < -0.39 is 6.03 Å². The van der Waals surface area contributed by atoms with Crippen LogP contribution < -0.4 is 10.1 Å². The second-order valence-electron chi connectivity index (χ2n) is 6.96. The first-order valence-corrected chi connectivity index (χ1v) is 9.15. The van der Waals surface area contributed by atoms with Crippen LogP contribution in [-0.2, 0) is 6.61 Å². The van der Waals surface area contributed by atoms with Crippen molar-refractivity contribution >= 4 is 17.4 Å². The molecule has 0 saturated carbocycles. The molecule has 0 aliphatic carbocycles. The van der Waals surface area contributed by atoms with Crippen molar-refractivity contribution in [1.29, 1.82) is 5.53 Å². The molecule has 2 aromatic rings. The molecule has 0 fully saturated rings. The lowest BCUT2D eigenvalue weighted by Crippen LogP contribution is -2.27. The number of rotatable bonds is 6. The van der Waals surface area contributed by atoms with Gasteiger partial charge in [-0.05, 0) is 55.7 Å². The number of nitrogens with one attached hydrogen (secondary N) is 2. The van der Waals surface area contributed by atoms with Crippen LogP contribution in [0, 0.1) is 31.5 Å². The average molecular weight is 397 g/mol. The number of urea groups is 1. The normalized spacial score (nSPS) is 11.5. The largest absolute Gasteiger partial charge is 0.624 e. The van der Waals surface area contributed by atoms with Gasteiger partial charge in [-0.3, -0.25) is 0 Å². The molecule has 0 atom stereocenters. The summed E-state index contributed by atoms with van der Waals surface area (Å²) in [7, 11) is 2.88. The molecule has 0 aliphatic heterocycles. The van der Waals surface area contributed by atoms with Gasteiger partial charge in [0.15, 0.2) is 5.71 Å². The number of benzene rings is 2. The van der Waals surface area contributed by atoms with Crippen LogP contribution in [0.2, 0.25) is 0 Å². The fraction of sp³-hybridized carbons (Fsp3) is 0.333. The predicted octanol–water partition coefficient (Wildman–Crippen LogP) is 4.55. The molecular weight excluding hydrogens is 370 g/mol. The summed E-state index contributed by atoms with van der Waals surface area (Å²) in [6.07, 6.45) is 0. The van der Waals surface area contributed by atoms with E-state index >= 15 is 0 Å². The highest BCUT2D eigenvalue weighted by Gasteiger charge is 2.15. The van der Waals surface area contributed by atoms with Gasteiger partial charge in [0.25, 0.3) is 0 Å². The van der Waals surface area contributed by atoms with Crippen molar-refractivity contribution in [3.63, 3.8) is 0 Å². The Hall–Kier alpha value is -3.42. The molecule has 2 aromatic carbocycles. The summed E-state index contributed by atoms with van der Waals surface area (Å²) in [5, 5.41) is 18.4. The predicted molar refractivity (Wildman–Crippen MR) is 113 cm³/mol. The first kappa shape index (κ1) is 21.9. The topological polar surface area (TPSA) is 104 Å². The van der Waals surface area contributed by atoms with Gasteiger partial charge < -0.3 is 15.3 Å². The number of carbonyl (C=O) groups excluding carboxylic acids is 1. The minimum Gasteiger partial charge on any atom is -0.624 e. The molecule has 0 aliphatic rings. The Bertz CT molecular complexity index is 965. The van der Waals surface area contributed by atoms with Crippen LogP contribution in [0.15, 0.2) is 35.6 Å². The molecule has 8 nitrogen and oxygen atoms in total. The summed E-state index contributed by atoms with van der Waals surface area (Å²) in [6.45, 7) is 7.86. The monoisotopic (exact) mass is 397 g/mol. The Kier molecular flexibility index (Phi) is 6.93. The smallest absolute Gasteiger partial charge is 0.343 e. The first-order chi connectivity index (χ1) is 13.6. The van der Waals surface area contributed by atoms with Gasteiger partial charge in [0, 0.05) is 30.8 Å². The van der Waals surface area contributed by atoms with E-state index in [1.54, 1.807) is 13.0 Å². The third-order valence-corrected chi connectivity index (χ3v) is 4.85. The number of aryl methyl sites for hydroxylation is 3. The molecule has 8 heteroatoms. The summed E-state index contributed by atoms with van der Waals surface area (Å²) in [6, 6.07) is 8.92. The van der Waals surface area contributed by atoms with Crippen molar-refractivity contribution in [3.8, 4) is 5.75 Å². The zero-order valence-corrected chi connectivity index (χ0v) is 17.7. The maximum Gasteiger partial charge on any atom is 0.343 e. The van der Waals surface area contributed by atoms with Gasteiger partial charge in [-0.25, -0.2) is 9.53 Å². The SMILES string of the molecule is C/C(c1cc(C)c(OCc2c(C)cccc2NC(=O)N(C)N=N)cc1C)=[N+](\C)[O-]. The first-order valence-electron chi connectivity index (χ1n) is 9.15. The number of ether oxygens (including phenoxy) is 1. The van der Waals surface area contributed by atoms with Crippen LogP contribution in [-0.4, -0.2) is 35.6 Å². The zero-order valence-electron chi connectivity index (χ0n) is 17.7. The number of nitrogens with zero attached hydrogens (tertiary/aromatic N) is 3. The minimum atomic E-state index is -0.504. The quantitative estimate of drug-likeness (QED) is 0.246. The standard InChI is InChI=1S/C21H27N5O3/c1-13-8-7-9-19(23-21(27)25(5)24-22)18(13)12-29-20-11-14(2)17(10-15(20)3)16(4)26(6)28/h7-11,22H,12H2,1-6H3,(H,23,27)/b24-22?,26-16-. The molecule has 0 bridgehead atoms. The molecule has 0 saturated heterocycles. The zero-order chi connectivity index (χ0) is 21.7. The molecule has 2 amide bonds. The van der Waals surface area contributed by atoms with Crippen LogP contribution in [0.5, 0.6) is 5.75 Å². The third-order valence-electron chi connectivity index (χ3n) is 4.85. The summed E-state index contributed by atoms with van der Waals surface area (Å²) in [4.78, 5) is 12.1. The Morgan fingerprint density at radius 1 is 1.24 bits per heavy atom. The Morgan fingerprint density at radius 2 is 1.93 bits per heavy atom. The van der Waals surface area contributed by atoms with Crippen LogP contribution in [0.1, 0.15) is 34.7 Å². The highest BCUT2D eigenvalue weighted by atomic mass is 16.5. The van der Waals surface area contributed by atoms with Crippen LogP contribution >= 0.6 is 0 Å².